The predicted octanol–water partition coefficient (Wildman–Crippen LogP) is 4.36. The highest BCUT2D eigenvalue weighted by molar-refractivity contribution is 7.99. The molecule has 0 atom stereocenters. The van der Waals surface area contributed by atoms with Gasteiger partial charge in [-0.05, 0) is 36.1 Å². The first-order valence-electron chi connectivity index (χ1n) is 8.83. The first-order valence-corrected chi connectivity index (χ1v) is 10.9. The first kappa shape index (κ1) is 20.3. The number of methoxy groups -OCH3 is 1. The number of benzene rings is 1. The van der Waals surface area contributed by atoms with Gasteiger partial charge in [-0.25, -0.2) is 0 Å². The number of carbonyl (C=O) groups is 1. The average molecular weight is 419 g/mol. The highest BCUT2D eigenvalue weighted by atomic mass is 32.2. The molecule has 3 aromatic rings. The van der Waals surface area contributed by atoms with E-state index in [0.29, 0.717) is 36.2 Å². The maximum atomic E-state index is 12.1. The van der Waals surface area contributed by atoms with Gasteiger partial charge >= 0.3 is 0 Å². The Bertz CT molecular complexity index is 894. The van der Waals surface area contributed by atoms with Crippen molar-refractivity contribution < 1.29 is 18.8 Å². The molecule has 0 bridgehead atoms. The maximum Gasteiger partial charge on any atom is 0.230 e. The lowest BCUT2D eigenvalue weighted by molar-refractivity contribution is -0.118. The third-order valence-corrected chi connectivity index (χ3v) is 5.67. The third kappa shape index (κ3) is 5.53. The van der Waals surface area contributed by atoms with Gasteiger partial charge in [-0.15, -0.1) is 23.1 Å². The highest BCUT2D eigenvalue weighted by Crippen LogP contribution is 2.28. The molecular weight excluding hydrogens is 396 g/mol. The molecule has 148 valence electrons. The number of thiophene rings is 1. The average Bonchev–Trinajstić information content (AvgIpc) is 3.38. The van der Waals surface area contributed by atoms with Gasteiger partial charge in [-0.3, -0.25) is 4.79 Å². The molecule has 0 spiro atoms. The van der Waals surface area contributed by atoms with E-state index in [1.807, 2.05) is 48.7 Å². The molecule has 0 saturated heterocycles. The van der Waals surface area contributed by atoms with Crippen molar-refractivity contribution in [3.8, 4) is 22.1 Å². The number of nitrogens with one attached hydrogen (secondary N) is 1. The maximum absolute atomic E-state index is 12.1. The lowest BCUT2D eigenvalue weighted by Crippen LogP contribution is -2.24. The first-order chi connectivity index (χ1) is 13.7. The molecule has 8 heteroatoms. The lowest BCUT2D eigenvalue weighted by Gasteiger charge is -2.11. The summed E-state index contributed by atoms with van der Waals surface area (Å²) < 4.78 is 16.2. The molecule has 1 amide bonds. The summed E-state index contributed by atoms with van der Waals surface area (Å²) in [5, 5.41) is 8.98. The SMILES string of the molecule is CCOc1cc(CNC(=O)CSCc2cc(-c3cccs3)on2)ccc1OC. The number of ether oxygens (including phenoxy) is 2. The van der Waals surface area contributed by atoms with E-state index in [9.17, 15) is 4.79 Å². The van der Waals surface area contributed by atoms with Crippen molar-refractivity contribution in [2.24, 2.45) is 0 Å². The van der Waals surface area contributed by atoms with Gasteiger partial charge in [0.05, 0.1) is 30.0 Å². The van der Waals surface area contributed by atoms with Crippen LogP contribution in [0.4, 0.5) is 0 Å². The number of hydrogen-bond donors (Lipinski definition) is 1. The van der Waals surface area contributed by atoms with E-state index in [-0.39, 0.29) is 5.91 Å². The van der Waals surface area contributed by atoms with Crippen LogP contribution >= 0.6 is 23.1 Å². The molecule has 0 aliphatic carbocycles. The fourth-order valence-corrected chi connectivity index (χ4v) is 3.92. The molecule has 2 aromatic heterocycles. The van der Waals surface area contributed by atoms with Crippen molar-refractivity contribution in [2.75, 3.05) is 19.5 Å². The fraction of sp³-hybridized carbons (Fsp3) is 0.300. The zero-order valence-corrected chi connectivity index (χ0v) is 17.4. The topological polar surface area (TPSA) is 73.6 Å². The summed E-state index contributed by atoms with van der Waals surface area (Å²) in [5.74, 6) is 3.08. The second kappa shape index (κ2) is 10.2. The van der Waals surface area contributed by atoms with Gasteiger partial charge in [-0.1, -0.05) is 17.3 Å². The molecule has 0 radical (unpaired) electrons. The summed E-state index contributed by atoms with van der Waals surface area (Å²) >= 11 is 3.11. The van der Waals surface area contributed by atoms with Crippen LogP contribution in [-0.2, 0) is 17.1 Å². The molecule has 28 heavy (non-hydrogen) atoms. The zero-order chi connectivity index (χ0) is 19.8. The Labute approximate surface area is 172 Å². The molecule has 1 N–H and O–H groups in total. The molecule has 2 heterocycles. The van der Waals surface area contributed by atoms with Crippen molar-refractivity contribution in [1.82, 2.24) is 10.5 Å². The van der Waals surface area contributed by atoms with Crippen LogP contribution in [0.2, 0.25) is 0 Å². The van der Waals surface area contributed by atoms with Crippen molar-refractivity contribution in [3.05, 3.63) is 53.0 Å². The second-order valence-electron chi connectivity index (χ2n) is 5.85. The normalized spacial score (nSPS) is 10.6. The second-order valence-corrected chi connectivity index (χ2v) is 7.78. The molecule has 0 aliphatic rings. The Morgan fingerprint density at radius 2 is 2.18 bits per heavy atom. The van der Waals surface area contributed by atoms with Crippen LogP contribution in [0.25, 0.3) is 10.6 Å². The minimum absolute atomic E-state index is 0.0271. The van der Waals surface area contributed by atoms with E-state index in [4.69, 9.17) is 14.0 Å². The van der Waals surface area contributed by atoms with Gasteiger partial charge in [0, 0.05) is 18.4 Å². The number of carbonyl (C=O) groups excluding carboxylic acids is 1. The van der Waals surface area contributed by atoms with Gasteiger partial charge in [0.25, 0.3) is 0 Å². The molecule has 0 unspecified atom stereocenters. The summed E-state index contributed by atoms with van der Waals surface area (Å²) in [6, 6.07) is 11.5. The molecular formula is C20H22N2O4S2. The lowest BCUT2D eigenvalue weighted by atomic mass is 10.2. The van der Waals surface area contributed by atoms with Crippen LogP contribution in [0.3, 0.4) is 0 Å². The largest absolute Gasteiger partial charge is 0.493 e. The van der Waals surface area contributed by atoms with E-state index in [2.05, 4.69) is 10.5 Å². The van der Waals surface area contributed by atoms with E-state index >= 15 is 0 Å². The highest BCUT2D eigenvalue weighted by Gasteiger charge is 2.10. The van der Waals surface area contributed by atoms with Gasteiger partial charge < -0.3 is 19.3 Å². The molecule has 3 rings (SSSR count). The van der Waals surface area contributed by atoms with Crippen molar-refractivity contribution in [2.45, 2.75) is 19.2 Å². The molecule has 6 nitrogen and oxygen atoms in total. The Kier molecular flexibility index (Phi) is 7.39. The van der Waals surface area contributed by atoms with Gasteiger partial charge in [0.15, 0.2) is 17.3 Å². The number of nitrogens with zero attached hydrogens (tertiary/aromatic N) is 1. The van der Waals surface area contributed by atoms with E-state index in [0.717, 1.165) is 21.9 Å². The van der Waals surface area contributed by atoms with Crippen LogP contribution < -0.4 is 14.8 Å². The summed E-state index contributed by atoms with van der Waals surface area (Å²) in [4.78, 5) is 13.2. The smallest absolute Gasteiger partial charge is 0.230 e. The summed E-state index contributed by atoms with van der Waals surface area (Å²) in [6.07, 6.45) is 0. The number of rotatable bonds is 10. The fourth-order valence-electron chi connectivity index (χ4n) is 2.51. The molecule has 1 aromatic carbocycles. The van der Waals surface area contributed by atoms with Gasteiger partial charge in [0.1, 0.15) is 0 Å². The Hall–Kier alpha value is -2.45. The van der Waals surface area contributed by atoms with Crippen LogP contribution in [0.5, 0.6) is 11.5 Å². The Balaban J connectivity index is 1.43. The molecule has 0 saturated carbocycles. The Morgan fingerprint density at radius 3 is 2.93 bits per heavy atom. The minimum Gasteiger partial charge on any atom is -0.493 e. The number of hydrogen-bond acceptors (Lipinski definition) is 7. The van der Waals surface area contributed by atoms with Gasteiger partial charge in [0.2, 0.25) is 5.91 Å². The number of thioether (sulfide) groups is 1. The molecule has 0 aliphatic heterocycles. The van der Waals surface area contributed by atoms with Crippen LogP contribution in [-0.4, -0.2) is 30.5 Å². The Morgan fingerprint density at radius 1 is 1.29 bits per heavy atom. The standard InChI is InChI=1S/C20H22N2O4S2/c1-3-25-17-9-14(6-7-16(17)24-2)11-21-20(23)13-27-12-15-10-18(26-22-15)19-5-4-8-28-19/h4-10H,3,11-13H2,1-2H3,(H,21,23). The van der Waals surface area contributed by atoms with Crippen LogP contribution in [0, 0.1) is 0 Å². The van der Waals surface area contributed by atoms with E-state index in [1.54, 1.807) is 18.4 Å². The monoisotopic (exact) mass is 418 g/mol. The predicted molar refractivity (Wildman–Crippen MR) is 112 cm³/mol. The minimum atomic E-state index is -0.0271. The van der Waals surface area contributed by atoms with Crippen molar-refractivity contribution in [1.29, 1.82) is 0 Å². The summed E-state index contributed by atoms with van der Waals surface area (Å²) in [7, 11) is 1.61. The third-order valence-electron chi connectivity index (χ3n) is 3.82. The summed E-state index contributed by atoms with van der Waals surface area (Å²) in [6.45, 7) is 2.92. The van der Waals surface area contributed by atoms with Crippen LogP contribution in [0.15, 0.2) is 46.3 Å². The van der Waals surface area contributed by atoms with Crippen LogP contribution in [0.1, 0.15) is 18.2 Å². The quantitative estimate of drug-likeness (QED) is 0.527. The van der Waals surface area contributed by atoms with Gasteiger partial charge in [-0.2, -0.15) is 0 Å². The van der Waals surface area contributed by atoms with Crippen molar-refractivity contribution >= 4 is 29.0 Å². The molecule has 0 fully saturated rings. The number of amides is 1. The number of aromatic nitrogens is 1. The van der Waals surface area contributed by atoms with E-state index in [1.165, 1.54) is 11.8 Å². The zero-order valence-electron chi connectivity index (χ0n) is 15.8. The summed E-state index contributed by atoms with van der Waals surface area (Å²) in [5.41, 5.74) is 1.79. The van der Waals surface area contributed by atoms with E-state index < -0.39 is 0 Å². The van der Waals surface area contributed by atoms with Crippen molar-refractivity contribution in [3.63, 3.8) is 0 Å².